The largest absolute Gasteiger partial charge is 0.331 e. The first-order chi connectivity index (χ1) is 9.38. The number of rotatable bonds is 2. The van der Waals surface area contributed by atoms with Gasteiger partial charge in [0.2, 0.25) is 5.91 Å². The van der Waals surface area contributed by atoms with Gasteiger partial charge in [-0.05, 0) is 26.3 Å². The average Bonchev–Trinajstić information content (AvgIpc) is 2.35. The summed E-state index contributed by atoms with van der Waals surface area (Å²) in [6.45, 7) is 6.01. The summed E-state index contributed by atoms with van der Waals surface area (Å²) in [7, 11) is 0. The van der Waals surface area contributed by atoms with Crippen LogP contribution in [0.4, 0.5) is 0 Å². The zero-order valence-electron chi connectivity index (χ0n) is 12.3. The van der Waals surface area contributed by atoms with E-state index in [-0.39, 0.29) is 29.7 Å². The van der Waals surface area contributed by atoms with E-state index in [1.165, 1.54) is 0 Å². The average molecular weight is 271 g/mol. The lowest BCUT2D eigenvalue weighted by atomic mass is 9.92. The molecule has 1 aromatic rings. The van der Waals surface area contributed by atoms with E-state index in [0.29, 0.717) is 6.42 Å². The Bertz CT molecular complexity index is 526. The fourth-order valence-corrected chi connectivity index (χ4v) is 2.65. The summed E-state index contributed by atoms with van der Waals surface area (Å²) in [5.74, 6) is -0.0466. The number of ketones is 1. The highest BCUT2D eigenvalue weighted by atomic mass is 16.2. The van der Waals surface area contributed by atoms with Gasteiger partial charge in [-0.1, -0.05) is 42.5 Å². The van der Waals surface area contributed by atoms with E-state index in [1.807, 2.05) is 68.2 Å². The van der Waals surface area contributed by atoms with Gasteiger partial charge in [-0.3, -0.25) is 9.59 Å². The fraction of sp³-hybridized carbons (Fsp3) is 0.412. The van der Waals surface area contributed by atoms with Crippen LogP contribution in [0.25, 0.3) is 6.08 Å². The summed E-state index contributed by atoms with van der Waals surface area (Å²) in [5, 5.41) is 0. The van der Waals surface area contributed by atoms with Gasteiger partial charge in [0.25, 0.3) is 0 Å². The molecule has 20 heavy (non-hydrogen) atoms. The SMILES string of the molecule is CC(C)(C)N1C(=O)CC(=O)CC1C=Cc1ccccc1. The molecule has 1 saturated heterocycles. The Balaban J connectivity index is 2.24. The molecule has 1 aromatic carbocycles. The summed E-state index contributed by atoms with van der Waals surface area (Å²) in [4.78, 5) is 25.7. The van der Waals surface area contributed by atoms with Crippen molar-refractivity contribution in [1.82, 2.24) is 4.90 Å². The molecule has 1 heterocycles. The van der Waals surface area contributed by atoms with E-state index in [0.717, 1.165) is 5.56 Å². The molecule has 3 heteroatoms. The number of amides is 1. The van der Waals surface area contributed by atoms with Gasteiger partial charge >= 0.3 is 0 Å². The molecule has 1 amide bonds. The van der Waals surface area contributed by atoms with E-state index in [9.17, 15) is 9.59 Å². The number of hydrogen-bond donors (Lipinski definition) is 0. The maximum absolute atomic E-state index is 12.1. The van der Waals surface area contributed by atoms with E-state index in [1.54, 1.807) is 0 Å². The minimum absolute atomic E-state index is 0.0261. The number of hydrogen-bond acceptors (Lipinski definition) is 2. The quantitative estimate of drug-likeness (QED) is 0.775. The number of carbonyl (C=O) groups is 2. The molecule has 2 rings (SSSR count). The standard InChI is InChI=1S/C17H21NO2/c1-17(2,3)18-14(11-15(19)12-16(18)20)10-9-13-7-5-4-6-8-13/h4-10,14H,11-12H2,1-3H3. The molecule has 0 radical (unpaired) electrons. The van der Waals surface area contributed by atoms with Crippen LogP contribution in [-0.4, -0.2) is 28.2 Å². The Hall–Kier alpha value is -1.90. The minimum Gasteiger partial charge on any atom is -0.331 e. The number of nitrogens with zero attached hydrogens (tertiary/aromatic N) is 1. The number of piperidine rings is 1. The van der Waals surface area contributed by atoms with Crippen molar-refractivity contribution in [2.45, 2.75) is 45.2 Å². The lowest BCUT2D eigenvalue weighted by Crippen LogP contribution is -2.55. The van der Waals surface area contributed by atoms with Crippen LogP contribution in [0.2, 0.25) is 0 Å². The van der Waals surface area contributed by atoms with Crippen molar-refractivity contribution in [3.8, 4) is 0 Å². The molecule has 0 aromatic heterocycles. The normalized spacial score (nSPS) is 20.8. The molecular formula is C17H21NO2. The van der Waals surface area contributed by atoms with Gasteiger partial charge in [-0.15, -0.1) is 0 Å². The van der Waals surface area contributed by atoms with Crippen molar-refractivity contribution < 1.29 is 9.59 Å². The Morgan fingerprint density at radius 1 is 1.15 bits per heavy atom. The zero-order valence-corrected chi connectivity index (χ0v) is 12.3. The van der Waals surface area contributed by atoms with Gasteiger partial charge in [0, 0.05) is 12.0 Å². The number of Topliss-reactive ketones (excluding diaryl/α,β-unsaturated/α-hetero) is 1. The van der Waals surface area contributed by atoms with Crippen LogP contribution >= 0.6 is 0 Å². The van der Waals surface area contributed by atoms with E-state index < -0.39 is 0 Å². The molecule has 0 saturated carbocycles. The lowest BCUT2D eigenvalue weighted by molar-refractivity contribution is -0.146. The first-order valence-corrected chi connectivity index (χ1v) is 6.95. The molecule has 1 aliphatic rings. The van der Waals surface area contributed by atoms with Crippen LogP contribution in [0.3, 0.4) is 0 Å². The topological polar surface area (TPSA) is 37.4 Å². The second kappa shape index (κ2) is 5.61. The fourth-order valence-electron chi connectivity index (χ4n) is 2.65. The monoisotopic (exact) mass is 271 g/mol. The first-order valence-electron chi connectivity index (χ1n) is 6.95. The van der Waals surface area contributed by atoms with Crippen LogP contribution in [-0.2, 0) is 9.59 Å². The number of benzene rings is 1. The zero-order chi connectivity index (χ0) is 14.8. The predicted octanol–water partition coefficient (Wildman–Crippen LogP) is 3.06. The van der Waals surface area contributed by atoms with Crippen LogP contribution < -0.4 is 0 Å². The Morgan fingerprint density at radius 3 is 2.40 bits per heavy atom. The molecule has 1 aliphatic heterocycles. The summed E-state index contributed by atoms with van der Waals surface area (Å²) in [6.07, 6.45) is 4.39. The Labute approximate surface area is 120 Å². The predicted molar refractivity (Wildman–Crippen MR) is 80.1 cm³/mol. The highest BCUT2D eigenvalue weighted by molar-refractivity contribution is 6.01. The molecule has 0 spiro atoms. The third kappa shape index (κ3) is 3.35. The molecule has 0 aliphatic carbocycles. The Morgan fingerprint density at radius 2 is 1.80 bits per heavy atom. The molecule has 1 unspecified atom stereocenters. The summed E-state index contributed by atoms with van der Waals surface area (Å²) in [6, 6.07) is 9.77. The molecule has 106 valence electrons. The summed E-state index contributed by atoms with van der Waals surface area (Å²) in [5.41, 5.74) is 0.801. The minimum atomic E-state index is -0.274. The van der Waals surface area contributed by atoms with Gasteiger partial charge in [0.05, 0.1) is 12.5 Å². The van der Waals surface area contributed by atoms with E-state index >= 15 is 0 Å². The van der Waals surface area contributed by atoms with Crippen LogP contribution in [0.5, 0.6) is 0 Å². The van der Waals surface area contributed by atoms with Crippen molar-refractivity contribution in [3.05, 3.63) is 42.0 Å². The van der Waals surface area contributed by atoms with E-state index in [4.69, 9.17) is 0 Å². The Kier molecular flexibility index (Phi) is 4.07. The van der Waals surface area contributed by atoms with Gasteiger partial charge in [-0.2, -0.15) is 0 Å². The molecule has 0 bridgehead atoms. The second-order valence-electron chi connectivity index (χ2n) is 6.19. The van der Waals surface area contributed by atoms with Crippen molar-refractivity contribution in [2.75, 3.05) is 0 Å². The number of carbonyl (C=O) groups excluding carboxylic acids is 2. The second-order valence-corrected chi connectivity index (χ2v) is 6.19. The molecular weight excluding hydrogens is 250 g/mol. The van der Waals surface area contributed by atoms with Gasteiger partial charge in [0.15, 0.2) is 0 Å². The van der Waals surface area contributed by atoms with Gasteiger partial charge < -0.3 is 4.90 Å². The van der Waals surface area contributed by atoms with E-state index in [2.05, 4.69) is 0 Å². The highest BCUT2D eigenvalue weighted by Crippen LogP contribution is 2.26. The summed E-state index contributed by atoms with van der Waals surface area (Å²) >= 11 is 0. The maximum Gasteiger partial charge on any atom is 0.230 e. The third-order valence-electron chi connectivity index (χ3n) is 3.42. The third-order valence-corrected chi connectivity index (χ3v) is 3.42. The van der Waals surface area contributed by atoms with Crippen molar-refractivity contribution in [1.29, 1.82) is 0 Å². The molecule has 0 N–H and O–H groups in total. The molecule has 1 fully saturated rings. The lowest BCUT2D eigenvalue weighted by Gasteiger charge is -2.43. The van der Waals surface area contributed by atoms with Crippen molar-refractivity contribution in [2.24, 2.45) is 0 Å². The molecule has 3 nitrogen and oxygen atoms in total. The van der Waals surface area contributed by atoms with Crippen molar-refractivity contribution >= 4 is 17.8 Å². The number of likely N-dealkylation sites (tertiary alicyclic amines) is 1. The van der Waals surface area contributed by atoms with Gasteiger partial charge in [0.1, 0.15) is 5.78 Å². The van der Waals surface area contributed by atoms with Gasteiger partial charge in [-0.25, -0.2) is 0 Å². The summed E-state index contributed by atoms with van der Waals surface area (Å²) < 4.78 is 0. The first kappa shape index (κ1) is 14.5. The van der Waals surface area contributed by atoms with Crippen molar-refractivity contribution in [3.63, 3.8) is 0 Å². The van der Waals surface area contributed by atoms with Crippen LogP contribution in [0, 0.1) is 0 Å². The van der Waals surface area contributed by atoms with Crippen LogP contribution in [0.15, 0.2) is 36.4 Å². The smallest absolute Gasteiger partial charge is 0.230 e. The van der Waals surface area contributed by atoms with Crippen LogP contribution in [0.1, 0.15) is 39.2 Å². The maximum atomic E-state index is 12.1. The molecule has 1 atom stereocenters. The highest BCUT2D eigenvalue weighted by Gasteiger charge is 2.37.